The molecule has 0 aliphatic rings. The zero-order valence-corrected chi connectivity index (χ0v) is 12.7. The van der Waals surface area contributed by atoms with Crippen LogP contribution in [0.25, 0.3) is 0 Å². The first-order valence-corrected chi connectivity index (χ1v) is 11.5. The van der Waals surface area contributed by atoms with Crippen molar-refractivity contribution in [3.8, 4) is 0 Å². The van der Waals surface area contributed by atoms with Gasteiger partial charge in [-0.05, 0) is 19.1 Å². The van der Waals surface area contributed by atoms with Gasteiger partial charge in [-0.15, -0.1) is 0 Å². The van der Waals surface area contributed by atoms with E-state index in [9.17, 15) is 0 Å². The van der Waals surface area contributed by atoms with Crippen LogP contribution < -0.4 is 10.6 Å². The maximum atomic E-state index is 2.46. The lowest BCUT2D eigenvalue weighted by molar-refractivity contribution is 1.48. The fraction of sp³-hybridized carbons (Fsp3) is 0.538. The van der Waals surface area contributed by atoms with Gasteiger partial charge in [0.15, 0.2) is 0 Å². The van der Waals surface area contributed by atoms with Gasteiger partial charge in [-0.2, -0.15) is 0 Å². The molecule has 1 aromatic carbocycles. The maximum Gasteiger partial charge on any atom is 0.135 e. The first-order chi connectivity index (χ1) is 6.79. The highest BCUT2D eigenvalue weighted by atomic mass is 31.2. The zero-order valence-electron chi connectivity index (χ0n) is 10.9. The van der Waals surface area contributed by atoms with E-state index in [4.69, 9.17) is 0 Å². The standard InChI is InChI=1S/C13H24P2/c1-7-15(5,6)13-11-9-8-10-12(13)14(2,3)4/h8-11H,7H2,1-6H3/q+2. The second kappa shape index (κ2) is 4.52. The maximum absolute atomic E-state index is 2.46. The minimum Gasteiger partial charge on any atom is -0.0581 e. The van der Waals surface area contributed by atoms with Crippen LogP contribution in [0, 0.1) is 0 Å². The van der Waals surface area contributed by atoms with Crippen molar-refractivity contribution in [1.29, 1.82) is 0 Å². The average Bonchev–Trinajstić information content (AvgIpc) is 2.16. The van der Waals surface area contributed by atoms with Gasteiger partial charge in [0, 0.05) is 14.5 Å². The highest BCUT2D eigenvalue weighted by molar-refractivity contribution is 7.87. The number of rotatable bonds is 3. The molecule has 0 unspecified atom stereocenters. The fourth-order valence-corrected chi connectivity index (χ4v) is 6.25. The number of hydrogen-bond donors (Lipinski definition) is 0. The molecule has 0 saturated carbocycles. The van der Waals surface area contributed by atoms with Crippen molar-refractivity contribution < 1.29 is 0 Å². The van der Waals surface area contributed by atoms with E-state index < -0.39 is 14.5 Å². The van der Waals surface area contributed by atoms with Crippen molar-refractivity contribution in [3.05, 3.63) is 24.3 Å². The van der Waals surface area contributed by atoms with Crippen molar-refractivity contribution >= 4 is 25.1 Å². The molecule has 0 spiro atoms. The summed E-state index contributed by atoms with van der Waals surface area (Å²) in [6.45, 7) is 14.5. The number of benzene rings is 1. The number of hydrogen-bond acceptors (Lipinski definition) is 0. The summed E-state index contributed by atoms with van der Waals surface area (Å²) in [6.07, 6.45) is 1.31. The predicted molar refractivity (Wildman–Crippen MR) is 79.7 cm³/mol. The van der Waals surface area contributed by atoms with Gasteiger partial charge in [0.25, 0.3) is 0 Å². The van der Waals surface area contributed by atoms with Crippen LogP contribution >= 0.6 is 14.5 Å². The highest BCUT2D eigenvalue weighted by Gasteiger charge is 2.36. The summed E-state index contributed by atoms with van der Waals surface area (Å²) in [5.74, 6) is 0. The van der Waals surface area contributed by atoms with Crippen LogP contribution in [0.4, 0.5) is 0 Å². The molecule has 1 rings (SSSR count). The van der Waals surface area contributed by atoms with Crippen LogP contribution in [0.5, 0.6) is 0 Å². The third kappa shape index (κ3) is 3.02. The van der Waals surface area contributed by atoms with Crippen molar-refractivity contribution in [1.82, 2.24) is 0 Å². The van der Waals surface area contributed by atoms with E-state index in [0.29, 0.717) is 0 Å². The van der Waals surface area contributed by atoms with Crippen LogP contribution in [-0.2, 0) is 0 Å². The van der Waals surface area contributed by atoms with Gasteiger partial charge in [0.1, 0.15) is 10.6 Å². The van der Waals surface area contributed by atoms with Crippen molar-refractivity contribution in [2.45, 2.75) is 6.92 Å². The summed E-state index contributed by atoms with van der Waals surface area (Å²) in [6, 6.07) is 9.10. The summed E-state index contributed by atoms with van der Waals surface area (Å²) in [5, 5.41) is 3.30. The van der Waals surface area contributed by atoms with E-state index in [1.54, 1.807) is 10.6 Å². The van der Waals surface area contributed by atoms with Gasteiger partial charge < -0.3 is 0 Å². The molecule has 84 valence electrons. The third-order valence-electron chi connectivity index (χ3n) is 3.05. The highest BCUT2D eigenvalue weighted by Crippen LogP contribution is 2.53. The van der Waals surface area contributed by atoms with E-state index >= 15 is 0 Å². The monoisotopic (exact) mass is 242 g/mol. The van der Waals surface area contributed by atoms with Gasteiger partial charge in [0.05, 0.1) is 39.5 Å². The molecule has 0 N–H and O–H groups in total. The Balaban J connectivity index is 3.31. The van der Waals surface area contributed by atoms with Crippen molar-refractivity contribution in [2.75, 3.05) is 39.5 Å². The van der Waals surface area contributed by atoms with Gasteiger partial charge >= 0.3 is 0 Å². The first kappa shape index (κ1) is 13.1. The van der Waals surface area contributed by atoms with E-state index in [0.717, 1.165) is 0 Å². The van der Waals surface area contributed by atoms with Crippen LogP contribution in [0.15, 0.2) is 24.3 Å². The summed E-state index contributed by atoms with van der Waals surface area (Å²) >= 11 is 0. The third-order valence-corrected chi connectivity index (χ3v) is 8.33. The fourth-order valence-electron chi connectivity index (χ4n) is 1.71. The van der Waals surface area contributed by atoms with E-state index in [2.05, 4.69) is 64.5 Å². The molecule has 0 aliphatic heterocycles. The minimum absolute atomic E-state index is 0.882. The molecule has 0 heterocycles. The quantitative estimate of drug-likeness (QED) is 0.714. The van der Waals surface area contributed by atoms with E-state index in [1.807, 2.05) is 0 Å². The van der Waals surface area contributed by atoms with Crippen LogP contribution in [0.2, 0.25) is 0 Å². The summed E-state index contributed by atoms with van der Waals surface area (Å²) in [4.78, 5) is 0. The molecule has 0 fully saturated rings. The normalized spacial score (nSPS) is 12.9. The molecule has 0 bridgehead atoms. The van der Waals surface area contributed by atoms with E-state index in [-0.39, 0.29) is 0 Å². The molecule has 1 aromatic rings. The topological polar surface area (TPSA) is 0 Å². The van der Waals surface area contributed by atoms with Crippen molar-refractivity contribution in [3.63, 3.8) is 0 Å². The second-order valence-corrected chi connectivity index (χ2v) is 14.5. The Bertz CT molecular complexity index is 335. The van der Waals surface area contributed by atoms with E-state index in [1.165, 1.54) is 6.16 Å². The lowest BCUT2D eigenvalue weighted by Gasteiger charge is -2.21. The SMILES string of the molecule is CC[P+](C)(C)c1ccccc1[P+](C)(C)C. The molecular formula is C13H24P2+2. The lowest BCUT2D eigenvalue weighted by atomic mass is 10.4. The van der Waals surface area contributed by atoms with Crippen LogP contribution in [0.1, 0.15) is 6.92 Å². The Hall–Kier alpha value is 0.0800. The molecule has 15 heavy (non-hydrogen) atoms. The molecule has 2 heteroatoms. The van der Waals surface area contributed by atoms with Crippen LogP contribution in [0.3, 0.4) is 0 Å². The largest absolute Gasteiger partial charge is 0.135 e. The average molecular weight is 242 g/mol. The molecule has 0 nitrogen and oxygen atoms in total. The summed E-state index contributed by atoms with van der Waals surface area (Å²) < 4.78 is 0. The second-order valence-electron chi connectivity index (χ2n) is 5.50. The smallest absolute Gasteiger partial charge is 0.0581 e. The Morgan fingerprint density at radius 3 is 1.73 bits per heavy atom. The van der Waals surface area contributed by atoms with Crippen molar-refractivity contribution in [2.24, 2.45) is 0 Å². The molecule has 0 aliphatic carbocycles. The van der Waals surface area contributed by atoms with Gasteiger partial charge in [-0.1, -0.05) is 12.1 Å². The Morgan fingerprint density at radius 1 is 0.867 bits per heavy atom. The first-order valence-electron chi connectivity index (χ1n) is 5.53. The Labute approximate surface area is 96.2 Å². The Kier molecular flexibility index (Phi) is 3.96. The summed E-state index contributed by atoms with van der Waals surface area (Å²) in [7, 11) is -1.77. The molecule has 0 radical (unpaired) electrons. The summed E-state index contributed by atoms with van der Waals surface area (Å²) in [5.41, 5.74) is 0. The molecule has 0 saturated heterocycles. The minimum atomic E-state index is -0.888. The molecule has 0 atom stereocenters. The molecule has 0 amide bonds. The lowest BCUT2D eigenvalue weighted by Crippen LogP contribution is -2.29. The molecule has 0 aromatic heterocycles. The Morgan fingerprint density at radius 2 is 1.33 bits per heavy atom. The van der Waals surface area contributed by atoms with Gasteiger partial charge in [-0.25, -0.2) is 0 Å². The zero-order chi connectivity index (χ0) is 11.7. The predicted octanol–water partition coefficient (Wildman–Crippen LogP) is 3.14. The van der Waals surface area contributed by atoms with Gasteiger partial charge in [-0.3, -0.25) is 0 Å². The molecular weight excluding hydrogens is 218 g/mol. The van der Waals surface area contributed by atoms with Gasteiger partial charge in [0.2, 0.25) is 0 Å². The van der Waals surface area contributed by atoms with Crippen LogP contribution in [-0.4, -0.2) is 39.5 Å².